The van der Waals surface area contributed by atoms with Crippen molar-refractivity contribution in [2.75, 3.05) is 37.3 Å². The van der Waals surface area contributed by atoms with E-state index < -0.39 is 6.09 Å². The van der Waals surface area contributed by atoms with Crippen LogP contribution in [0.1, 0.15) is 66.2 Å². The van der Waals surface area contributed by atoms with Gasteiger partial charge >= 0.3 is 6.09 Å². The highest BCUT2D eigenvalue weighted by atomic mass is 16.6. The number of anilines is 2. The molecule has 5 heterocycles. The van der Waals surface area contributed by atoms with Crippen LogP contribution in [-0.2, 0) is 9.53 Å². The molecule has 44 heavy (non-hydrogen) atoms. The molecule has 12 nitrogen and oxygen atoms in total. The highest BCUT2D eigenvalue weighted by Gasteiger charge is 2.35. The number of ether oxygens (including phenoxy) is 1. The number of cyclic esters (lactones) is 1. The minimum Gasteiger partial charge on any atom is -0.448 e. The van der Waals surface area contributed by atoms with Gasteiger partial charge in [-0.1, -0.05) is 12.1 Å². The van der Waals surface area contributed by atoms with E-state index in [9.17, 15) is 14.4 Å². The van der Waals surface area contributed by atoms with Crippen LogP contribution in [0, 0.1) is 0 Å². The smallest absolute Gasteiger partial charge is 0.410 e. The molecule has 0 bridgehead atoms. The molecule has 3 fully saturated rings. The summed E-state index contributed by atoms with van der Waals surface area (Å²) in [6.07, 6.45) is 8.76. The van der Waals surface area contributed by atoms with Crippen LogP contribution in [0.15, 0.2) is 55.0 Å². The number of nitrogens with one attached hydrogen (secondary N) is 1. The van der Waals surface area contributed by atoms with Crippen molar-refractivity contribution in [1.82, 2.24) is 29.2 Å². The molecule has 4 aromatic rings. The summed E-state index contributed by atoms with van der Waals surface area (Å²) in [7, 11) is 0. The van der Waals surface area contributed by atoms with Crippen molar-refractivity contribution in [3.05, 3.63) is 71.9 Å². The Morgan fingerprint density at radius 3 is 2.59 bits per heavy atom. The molecule has 7 rings (SSSR count). The number of nitrogens with two attached hydrogens (primary N) is 1. The molecule has 1 saturated carbocycles. The Morgan fingerprint density at radius 2 is 1.84 bits per heavy atom. The van der Waals surface area contributed by atoms with Crippen LogP contribution in [0.3, 0.4) is 0 Å². The lowest BCUT2D eigenvalue weighted by molar-refractivity contribution is -0.135. The van der Waals surface area contributed by atoms with Gasteiger partial charge in [-0.15, -0.1) is 0 Å². The van der Waals surface area contributed by atoms with Gasteiger partial charge in [0.1, 0.15) is 41.8 Å². The standard InChI is InChI=1S/C32H34N8O4/c1-19-2-3-24(17-40(19)26(41)18-38-14-15-44-32(38)43)30-37-27(28-29(33)35-12-13-39(28)30)21-6-8-22(9-7-21)31(42)36-25-16-23(10-11-34-25)20-4-5-20/h6-13,16,19-20,24H,2-5,14-15,17-18H2,1H3,(H2,33,35)(H,34,36,42)/t19-,24+/m0/s1. The Morgan fingerprint density at radius 1 is 1.05 bits per heavy atom. The van der Waals surface area contributed by atoms with Gasteiger partial charge in [0, 0.05) is 48.2 Å². The Bertz CT molecular complexity index is 1750. The van der Waals surface area contributed by atoms with Crippen LogP contribution in [0.5, 0.6) is 0 Å². The van der Waals surface area contributed by atoms with Gasteiger partial charge in [0.15, 0.2) is 0 Å². The first-order chi connectivity index (χ1) is 21.4. The molecule has 0 radical (unpaired) electrons. The second-order valence-corrected chi connectivity index (χ2v) is 11.8. The highest BCUT2D eigenvalue weighted by molar-refractivity contribution is 6.04. The summed E-state index contributed by atoms with van der Waals surface area (Å²) in [6, 6.07) is 11.2. The molecular weight excluding hydrogens is 560 g/mol. The largest absolute Gasteiger partial charge is 0.448 e. The second kappa shape index (κ2) is 11.3. The minimum absolute atomic E-state index is 0.00227. The molecule has 3 amide bonds. The molecule has 1 aliphatic carbocycles. The van der Waals surface area contributed by atoms with Crippen molar-refractivity contribution in [1.29, 1.82) is 0 Å². The summed E-state index contributed by atoms with van der Waals surface area (Å²) >= 11 is 0. The number of imidazole rings is 1. The summed E-state index contributed by atoms with van der Waals surface area (Å²) in [5, 5.41) is 2.91. The summed E-state index contributed by atoms with van der Waals surface area (Å²) in [4.78, 5) is 55.2. The quantitative estimate of drug-likeness (QED) is 0.326. The number of benzene rings is 1. The molecule has 2 saturated heterocycles. The van der Waals surface area contributed by atoms with E-state index in [1.807, 2.05) is 46.7 Å². The molecule has 3 aliphatic rings. The van der Waals surface area contributed by atoms with Gasteiger partial charge in [0.25, 0.3) is 5.91 Å². The lowest BCUT2D eigenvalue weighted by atomic mass is 9.92. The lowest BCUT2D eigenvalue weighted by Gasteiger charge is -2.38. The normalized spacial score (nSPS) is 20.2. The van der Waals surface area contributed by atoms with Crippen molar-refractivity contribution in [2.24, 2.45) is 0 Å². The number of piperidine rings is 1. The highest BCUT2D eigenvalue weighted by Crippen LogP contribution is 2.40. The van der Waals surface area contributed by atoms with Crippen molar-refractivity contribution in [3.63, 3.8) is 0 Å². The van der Waals surface area contributed by atoms with Crippen LogP contribution < -0.4 is 11.1 Å². The third-order valence-corrected chi connectivity index (χ3v) is 8.84. The van der Waals surface area contributed by atoms with E-state index in [4.69, 9.17) is 15.5 Å². The summed E-state index contributed by atoms with van der Waals surface area (Å²) < 4.78 is 6.95. The predicted molar refractivity (Wildman–Crippen MR) is 163 cm³/mol. The molecule has 12 heteroatoms. The van der Waals surface area contributed by atoms with Crippen LogP contribution in [0.4, 0.5) is 16.4 Å². The van der Waals surface area contributed by atoms with E-state index in [0.29, 0.717) is 54.0 Å². The Hall–Kier alpha value is -5.00. The number of carbonyl (C=O) groups is 3. The molecule has 2 aliphatic heterocycles. The monoisotopic (exact) mass is 594 g/mol. The molecule has 2 atom stereocenters. The first kappa shape index (κ1) is 27.8. The number of nitrogens with zero attached hydrogens (tertiary/aromatic N) is 6. The van der Waals surface area contributed by atoms with Crippen LogP contribution in [0.2, 0.25) is 0 Å². The fourth-order valence-corrected chi connectivity index (χ4v) is 6.22. The zero-order valence-corrected chi connectivity index (χ0v) is 24.5. The summed E-state index contributed by atoms with van der Waals surface area (Å²) in [5.41, 5.74) is 10.2. The Balaban J connectivity index is 1.13. The SMILES string of the molecule is C[C@H]1CC[C@@H](c2nc(-c3ccc(C(=O)Nc4cc(C5CC5)ccn4)cc3)c3c(N)nccn23)CN1C(=O)CN1CCOC1=O. The third-order valence-electron chi connectivity index (χ3n) is 8.84. The van der Waals surface area contributed by atoms with E-state index >= 15 is 0 Å². The molecule has 226 valence electrons. The number of aromatic nitrogens is 4. The average Bonchev–Trinajstić information content (AvgIpc) is 3.70. The summed E-state index contributed by atoms with van der Waals surface area (Å²) in [6.45, 7) is 3.23. The third kappa shape index (κ3) is 5.31. The van der Waals surface area contributed by atoms with Gasteiger partial charge in [-0.25, -0.2) is 19.7 Å². The number of hydrogen-bond donors (Lipinski definition) is 2. The zero-order valence-electron chi connectivity index (χ0n) is 24.5. The van der Waals surface area contributed by atoms with Crippen molar-refractivity contribution < 1.29 is 19.1 Å². The van der Waals surface area contributed by atoms with E-state index in [1.54, 1.807) is 24.5 Å². The predicted octanol–water partition coefficient (Wildman–Crippen LogP) is 4.05. The fourth-order valence-electron chi connectivity index (χ4n) is 6.22. The van der Waals surface area contributed by atoms with Crippen LogP contribution in [-0.4, -0.2) is 79.3 Å². The maximum Gasteiger partial charge on any atom is 0.410 e. The maximum atomic E-state index is 13.3. The lowest BCUT2D eigenvalue weighted by Crippen LogP contribution is -2.49. The Kier molecular flexibility index (Phi) is 7.11. The molecular formula is C32H34N8O4. The van der Waals surface area contributed by atoms with Gasteiger partial charge in [0.05, 0.1) is 6.54 Å². The number of nitrogen functional groups attached to an aromatic ring is 1. The van der Waals surface area contributed by atoms with Crippen molar-refractivity contribution in [3.8, 4) is 11.3 Å². The summed E-state index contributed by atoms with van der Waals surface area (Å²) in [5.74, 6) is 1.85. The molecule has 0 unspecified atom stereocenters. The first-order valence-corrected chi connectivity index (χ1v) is 15.1. The fraction of sp³-hybridized carbons (Fsp3) is 0.375. The molecule has 3 aromatic heterocycles. The van der Waals surface area contributed by atoms with E-state index in [1.165, 1.54) is 23.3 Å². The number of fused-ring (bicyclic) bond motifs is 1. The number of carbonyl (C=O) groups excluding carboxylic acids is 3. The average molecular weight is 595 g/mol. The van der Waals surface area contributed by atoms with E-state index in [0.717, 1.165) is 24.2 Å². The number of likely N-dealkylation sites (tertiary alicyclic amines) is 1. The number of rotatable bonds is 7. The first-order valence-electron chi connectivity index (χ1n) is 15.1. The molecule has 0 spiro atoms. The van der Waals surface area contributed by atoms with Crippen LogP contribution in [0.25, 0.3) is 16.8 Å². The minimum atomic E-state index is -0.450. The molecule has 1 aromatic carbocycles. The van der Waals surface area contributed by atoms with Crippen molar-refractivity contribution in [2.45, 2.75) is 50.5 Å². The maximum absolute atomic E-state index is 13.3. The number of hydrogen-bond acceptors (Lipinski definition) is 8. The van der Waals surface area contributed by atoms with Gasteiger partial charge in [-0.2, -0.15) is 0 Å². The van der Waals surface area contributed by atoms with Gasteiger partial charge in [-0.3, -0.25) is 18.9 Å². The number of amides is 3. The van der Waals surface area contributed by atoms with E-state index in [2.05, 4.69) is 15.3 Å². The van der Waals surface area contributed by atoms with Crippen molar-refractivity contribution >= 4 is 35.1 Å². The second-order valence-electron chi connectivity index (χ2n) is 11.8. The Labute approximate surface area is 254 Å². The van der Waals surface area contributed by atoms with E-state index in [-0.39, 0.29) is 30.3 Å². The molecule has 3 N–H and O–H groups in total. The number of pyridine rings is 1. The van der Waals surface area contributed by atoms with Gasteiger partial charge in [-0.05, 0) is 68.4 Å². The zero-order chi connectivity index (χ0) is 30.4. The topological polar surface area (TPSA) is 148 Å². The van der Waals surface area contributed by atoms with Gasteiger partial charge < -0.3 is 20.7 Å². The van der Waals surface area contributed by atoms with Gasteiger partial charge in [0.2, 0.25) is 5.91 Å². The van der Waals surface area contributed by atoms with Crippen LogP contribution >= 0.6 is 0 Å².